The lowest BCUT2D eigenvalue weighted by Gasteiger charge is -1.96. The van der Waals surface area contributed by atoms with Gasteiger partial charge in [0.15, 0.2) is 20.1 Å². The summed E-state index contributed by atoms with van der Waals surface area (Å²) >= 11 is 0. The second-order valence-electron chi connectivity index (χ2n) is 5.35. The molecular formula is C20H15OS+. The molecule has 0 saturated heterocycles. The zero-order valence-corrected chi connectivity index (χ0v) is 13.1. The monoisotopic (exact) mass is 303 g/mol. The number of carbonyl (C=O) groups is 1. The molecule has 0 aliphatic heterocycles. The molecule has 1 unspecified atom stereocenters. The standard InChI is InChI=1S/C20H15OS/c1-14(21)16-11-7-13-19-20(16)17-10-5-6-12-18(17)22(19)15-8-3-2-4-9-15/h2-13H,1H3/q+1. The van der Waals surface area contributed by atoms with E-state index in [1.54, 1.807) is 6.92 Å². The van der Waals surface area contributed by atoms with Crippen LogP contribution < -0.4 is 0 Å². The van der Waals surface area contributed by atoms with Crippen LogP contribution >= 0.6 is 10.5 Å². The molecule has 0 saturated carbocycles. The highest BCUT2D eigenvalue weighted by molar-refractivity contribution is 7.50. The summed E-state index contributed by atoms with van der Waals surface area (Å²) in [6.45, 7) is 1.65. The first-order valence-corrected chi connectivity index (χ1v) is 8.52. The largest absolute Gasteiger partial charge is 0.294 e. The first-order chi connectivity index (χ1) is 10.8. The minimum absolute atomic E-state index is 0.120. The van der Waals surface area contributed by atoms with Crippen LogP contribution in [0.5, 0.6) is 0 Å². The Morgan fingerprint density at radius 3 is 2.23 bits per heavy atom. The minimum atomic E-state index is -0.120. The van der Waals surface area contributed by atoms with Crippen molar-refractivity contribution in [3.63, 3.8) is 0 Å². The number of ketones is 1. The van der Waals surface area contributed by atoms with Crippen LogP contribution in [0, 0.1) is 0 Å². The number of thiophene rings is 1. The van der Waals surface area contributed by atoms with Gasteiger partial charge in [0.2, 0.25) is 0 Å². The van der Waals surface area contributed by atoms with Crippen LogP contribution in [-0.2, 0) is 0 Å². The zero-order valence-electron chi connectivity index (χ0n) is 12.2. The fraction of sp³-hybridized carbons (Fsp3) is 0.0500. The van der Waals surface area contributed by atoms with Gasteiger partial charge in [0.25, 0.3) is 0 Å². The smallest absolute Gasteiger partial charge is 0.188 e. The predicted octanol–water partition coefficient (Wildman–Crippen LogP) is 5.93. The van der Waals surface area contributed by atoms with E-state index in [1.165, 1.54) is 19.7 Å². The Bertz CT molecular complexity index is 996. The maximum atomic E-state index is 12.1. The maximum absolute atomic E-state index is 12.1. The van der Waals surface area contributed by atoms with Crippen molar-refractivity contribution in [1.29, 1.82) is 0 Å². The van der Waals surface area contributed by atoms with Crippen molar-refractivity contribution in [3.05, 3.63) is 78.4 Å². The summed E-state index contributed by atoms with van der Waals surface area (Å²) in [6.07, 6.45) is 0. The average Bonchev–Trinajstić information content (AvgIpc) is 2.90. The van der Waals surface area contributed by atoms with E-state index in [0.29, 0.717) is 0 Å². The highest BCUT2D eigenvalue weighted by Gasteiger charge is 2.25. The number of hydrogen-bond acceptors (Lipinski definition) is 1. The summed E-state index contributed by atoms with van der Waals surface area (Å²) in [5.41, 5.74) is 0.830. The summed E-state index contributed by atoms with van der Waals surface area (Å²) in [4.78, 5) is 13.4. The van der Waals surface area contributed by atoms with E-state index in [1.807, 2.05) is 18.2 Å². The third-order valence-electron chi connectivity index (χ3n) is 3.98. The lowest BCUT2D eigenvalue weighted by molar-refractivity contribution is 0.101. The average molecular weight is 303 g/mol. The van der Waals surface area contributed by atoms with Gasteiger partial charge in [0.05, 0.1) is 5.39 Å². The van der Waals surface area contributed by atoms with Gasteiger partial charge >= 0.3 is 0 Å². The molecule has 1 heterocycles. The number of hydrogen-bond donors (Lipinski definition) is 0. The van der Waals surface area contributed by atoms with Crippen molar-refractivity contribution in [2.75, 3.05) is 0 Å². The van der Waals surface area contributed by atoms with Crippen molar-refractivity contribution in [3.8, 4) is 4.90 Å². The second kappa shape index (κ2) is 5.08. The number of carbonyl (C=O) groups excluding carboxylic acids is 1. The highest BCUT2D eigenvalue weighted by atomic mass is 32.2. The van der Waals surface area contributed by atoms with Gasteiger partial charge in [-0.3, -0.25) is 4.79 Å². The maximum Gasteiger partial charge on any atom is 0.188 e. The molecule has 4 aromatic rings. The first-order valence-electron chi connectivity index (χ1n) is 7.30. The number of benzene rings is 3. The van der Waals surface area contributed by atoms with Crippen LogP contribution in [0.4, 0.5) is 0 Å². The lowest BCUT2D eigenvalue weighted by Crippen LogP contribution is -1.91. The summed E-state index contributed by atoms with van der Waals surface area (Å²) in [6, 6.07) is 25.1. The van der Waals surface area contributed by atoms with Gasteiger partial charge in [-0.05, 0) is 37.3 Å². The quantitative estimate of drug-likeness (QED) is 0.331. The molecule has 0 amide bonds. The van der Waals surface area contributed by atoms with Crippen LogP contribution in [0.2, 0.25) is 0 Å². The molecule has 0 fully saturated rings. The Labute approximate surface area is 131 Å². The molecule has 0 aliphatic carbocycles. The van der Waals surface area contributed by atoms with Crippen molar-refractivity contribution in [2.24, 2.45) is 0 Å². The molecule has 3 aromatic carbocycles. The molecule has 1 aromatic heterocycles. The first kappa shape index (κ1) is 13.2. The highest BCUT2D eigenvalue weighted by Crippen LogP contribution is 2.49. The third kappa shape index (κ3) is 1.88. The topological polar surface area (TPSA) is 17.1 Å². The number of fused-ring (bicyclic) bond motifs is 3. The predicted molar refractivity (Wildman–Crippen MR) is 95.3 cm³/mol. The molecule has 0 radical (unpaired) electrons. The summed E-state index contributed by atoms with van der Waals surface area (Å²) in [5.74, 6) is 0.130. The third-order valence-corrected chi connectivity index (χ3v) is 6.30. The van der Waals surface area contributed by atoms with E-state index in [4.69, 9.17) is 0 Å². The molecular weight excluding hydrogens is 288 g/mol. The normalized spacial score (nSPS) is 12.0. The molecule has 0 bridgehead atoms. The fourth-order valence-electron chi connectivity index (χ4n) is 3.05. The van der Waals surface area contributed by atoms with Gasteiger partial charge in [-0.2, -0.15) is 0 Å². The van der Waals surface area contributed by atoms with Crippen LogP contribution in [-0.4, -0.2) is 5.78 Å². The van der Waals surface area contributed by atoms with Crippen molar-refractivity contribution in [2.45, 2.75) is 6.92 Å². The van der Waals surface area contributed by atoms with Gasteiger partial charge in [-0.15, -0.1) is 0 Å². The molecule has 1 nitrogen and oxygen atoms in total. The Kier molecular flexibility index (Phi) is 3.05. The van der Waals surface area contributed by atoms with Gasteiger partial charge in [0, 0.05) is 21.4 Å². The van der Waals surface area contributed by atoms with Crippen molar-refractivity contribution >= 4 is 36.4 Å². The molecule has 0 spiro atoms. The molecule has 4 rings (SSSR count). The zero-order chi connectivity index (χ0) is 15.1. The Balaban J connectivity index is 2.25. The van der Waals surface area contributed by atoms with Gasteiger partial charge < -0.3 is 0 Å². The molecule has 0 aliphatic rings. The van der Waals surface area contributed by atoms with E-state index in [9.17, 15) is 4.79 Å². The van der Waals surface area contributed by atoms with Gasteiger partial charge in [-0.1, -0.05) is 42.5 Å². The van der Waals surface area contributed by atoms with Crippen LogP contribution in [0.3, 0.4) is 0 Å². The Morgan fingerprint density at radius 1 is 0.773 bits per heavy atom. The number of rotatable bonds is 2. The van der Waals surface area contributed by atoms with Crippen LogP contribution in [0.15, 0.2) is 72.8 Å². The fourth-order valence-corrected chi connectivity index (χ4v) is 5.47. The summed E-state index contributed by atoms with van der Waals surface area (Å²) in [5, 5.41) is 2.33. The van der Waals surface area contributed by atoms with Crippen molar-refractivity contribution in [1.82, 2.24) is 0 Å². The van der Waals surface area contributed by atoms with E-state index >= 15 is 0 Å². The van der Waals surface area contributed by atoms with E-state index in [0.717, 1.165) is 10.9 Å². The number of Topliss-reactive ketones (excluding diaryl/α,β-unsaturated/α-hetero) is 1. The van der Waals surface area contributed by atoms with Crippen molar-refractivity contribution < 1.29 is 4.79 Å². The van der Waals surface area contributed by atoms with E-state index in [-0.39, 0.29) is 16.3 Å². The van der Waals surface area contributed by atoms with Crippen LogP contribution in [0.1, 0.15) is 17.3 Å². The minimum Gasteiger partial charge on any atom is -0.294 e. The van der Waals surface area contributed by atoms with Crippen LogP contribution in [0.25, 0.3) is 25.1 Å². The molecule has 106 valence electrons. The van der Waals surface area contributed by atoms with Gasteiger partial charge in [-0.25, -0.2) is 0 Å². The lowest BCUT2D eigenvalue weighted by atomic mass is 10.0. The molecule has 22 heavy (non-hydrogen) atoms. The Hall–Kier alpha value is -2.45. The molecule has 0 N–H and O–H groups in total. The second-order valence-corrected chi connectivity index (χ2v) is 7.31. The van der Waals surface area contributed by atoms with E-state index < -0.39 is 0 Å². The Morgan fingerprint density at radius 2 is 1.45 bits per heavy atom. The SMILES string of the molecule is CC(=O)c1cccc2c1c1ccccc1[s+]2-c1ccccc1. The molecule has 2 heteroatoms. The van der Waals surface area contributed by atoms with Gasteiger partial charge in [0.1, 0.15) is 0 Å². The van der Waals surface area contributed by atoms with E-state index in [2.05, 4.69) is 54.6 Å². The molecule has 1 atom stereocenters. The summed E-state index contributed by atoms with van der Waals surface area (Å²) in [7, 11) is -0.120. The summed E-state index contributed by atoms with van der Waals surface area (Å²) < 4.78 is 2.58.